The van der Waals surface area contributed by atoms with Crippen LogP contribution in [0, 0.1) is 5.82 Å². The molecule has 0 fully saturated rings. The van der Waals surface area contributed by atoms with Gasteiger partial charge in [0.25, 0.3) is 0 Å². The molecule has 98 valence electrons. The van der Waals surface area contributed by atoms with E-state index in [-0.39, 0.29) is 17.3 Å². The Labute approximate surface area is 107 Å². The first-order valence-electron chi connectivity index (χ1n) is 4.96. The summed E-state index contributed by atoms with van der Waals surface area (Å²) in [5, 5.41) is 2.91. The van der Waals surface area contributed by atoms with E-state index in [1.807, 2.05) is 0 Å². The molecule has 0 atom stereocenters. The van der Waals surface area contributed by atoms with E-state index in [4.69, 9.17) is 0 Å². The van der Waals surface area contributed by atoms with Gasteiger partial charge in [0.1, 0.15) is 5.82 Å². The first-order valence-corrected chi connectivity index (χ1v) is 6.44. The van der Waals surface area contributed by atoms with Gasteiger partial charge in [0.05, 0.1) is 4.90 Å². The van der Waals surface area contributed by atoms with Crippen molar-refractivity contribution in [3.63, 3.8) is 0 Å². The molecule has 0 heterocycles. The molecule has 1 rings (SSSR count). The fourth-order valence-electron chi connectivity index (χ4n) is 1.19. The standard InChI is InChI=1S/C10H15FN2O2S.ClH/c1-12-6-3-7-13-16(14,15)10-5-2-4-9(11)8-10;/h2,4-5,8,12-13H,3,6-7H2,1H3;1H. The fourth-order valence-corrected chi connectivity index (χ4v) is 2.29. The lowest BCUT2D eigenvalue weighted by atomic mass is 10.4. The van der Waals surface area contributed by atoms with Crippen LogP contribution >= 0.6 is 12.4 Å². The van der Waals surface area contributed by atoms with Gasteiger partial charge in [-0.2, -0.15) is 0 Å². The van der Waals surface area contributed by atoms with Crippen LogP contribution in [-0.2, 0) is 10.0 Å². The van der Waals surface area contributed by atoms with Crippen LogP contribution in [0.25, 0.3) is 0 Å². The molecule has 0 amide bonds. The average Bonchev–Trinajstić information content (AvgIpc) is 2.24. The Morgan fingerprint density at radius 1 is 1.29 bits per heavy atom. The largest absolute Gasteiger partial charge is 0.320 e. The third kappa shape index (κ3) is 5.45. The third-order valence-corrected chi connectivity index (χ3v) is 3.46. The summed E-state index contributed by atoms with van der Waals surface area (Å²) >= 11 is 0. The molecule has 0 aliphatic heterocycles. The topological polar surface area (TPSA) is 58.2 Å². The van der Waals surface area contributed by atoms with Crippen LogP contribution in [0.5, 0.6) is 0 Å². The summed E-state index contributed by atoms with van der Waals surface area (Å²) in [6.45, 7) is 1.06. The highest BCUT2D eigenvalue weighted by atomic mass is 35.5. The Hall–Kier alpha value is -0.690. The number of hydrogen-bond donors (Lipinski definition) is 2. The van der Waals surface area contributed by atoms with Crippen molar-refractivity contribution >= 4 is 22.4 Å². The molecule has 0 unspecified atom stereocenters. The van der Waals surface area contributed by atoms with E-state index >= 15 is 0 Å². The molecule has 0 saturated carbocycles. The molecule has 2 N–H and O–H groups in total. The van der Waals surface area contributed by atoms with E-state index in [0.29, 0.717) is 13.0 Å². The van der Waals surface area contributed by atoms with Crippen LogP contribution in [-0.4, -0.2) is 28.6 Å². The van der Waals surface area contributed by atoms with E-state index in [1.54, 1.807) is 7.05 Å². The van der Waals surface area contributed by atoms with E-state index in [2.05, 4.69) is 10.0 Å². The first-order chi connectivity index (χ1) is 7.56. The van der Waals surface area contributed by atoms with Crippen molar-refractivity contribution in [3.05, 3.63) is 30.1 Å². The van der Waals surface area contributed by atoms with E-state index in [0.717, 1.165) is 12.6 Å². The highest BCUT2D eigenvalue weighted by Gasteiger charge is 2.13. The van der Waals surface area contributed by atoms with Gasteiger partial charge in [0.2, 0.25) is 10.0 Å². The van der Waals surface area contributed by atoms with Gasteiger partial charge in [0, 0.05) is 6.54 Å². The van der Waals surface area contributed by atoms with Crippen molar-refractivity contribution < 1.29 is 12.8 Å². The lowest BCUT2D eigenvalue weighted by Gasteiger charge is -2.06. The van der Waals surface area contributed by atoms with E-state index < -0.39 is 15.8 Å². The molecule has 0 aromatic heterocycles. The molecule has 0 aliphatic rings. The molecule has 17 heavy (non-hydrogen) atoms. The molecule has 1 aromatic rings. The Bertz CT molecular complexity index is 440. The molecular formula is C10H16ClFN2O2S. The minimum atomic E-state index is -3.58. The minimum Gasteiger partial charge on any atom is -0.320 e. The second kappa shape index (κ2) is 7.60. The van der Waals surface area contributed by atoms with E-state index in [9.17, 15) is 12.8 Å². The summed E-state index contributed by atoms with van der Waals surface area (Å²) in [4.78, 5) is -0.0445. The van der Waals surface area contributed by atoms with Gasteiger partial charge in [-0.05, 0) is 38.2 Å². The minimum absolute atomic E-state index is 0. The van der Waals surface area contributed by atoms with Crippen molar-refractivity contribution in [3.8, 4) is 0 Å². The second-order valence-corrected chi connectivity index (χ2v) is 5.08. The molecular weight excluding hydrogens is 267 g/mol. The monoisotopic (exact) mass is 282 g/mol. The van der Waals surface area contributed by atoms with Gasteiger partial charge in [-0.25, -0.2) is 17.5 Å². The molecule has 0 bridgehead atoms. The highest BCUT2D eigenvalue weighted by Crippen LogP contribution is 2.09. The summed E-state index contributed by atoms with van der Waals surface area (Å²) in [7, 11) is -1.79. The SMILES string of the molecule is CNCCCNS(=O)(=O)c1cccc(F)c1.Cl. The molecule has 1 aromatic carbocycles. The first kappa shape index (κ1) is 16.3. The van der Waals surface area contributed by atoms with Crippen molar-refractivity contribution in [2.75, 3.05) is 20.1 Å². The Balaban J connectivity index is 0.00000256. The number of halogens is 2. The van der Waals surface area contributed by atoms with Gasteiger partial charge in [-0.15, -0.1) is 12.4 Å². The average molecular weight is 283 g/mol. The van der Waals surface area contributed by atoms with Crippen LogP contribution in [0.4, 0.5) is 4.39 Å². The van der Waals surface area contributed by atoms with Gasteiger partial charge in [-0.1, -0.05) is 6.07 Å². The van der Waals surface area contributed by atoms with Crippen molar-refractivity contribution in [1.82, 2.24) is 10.0 Å². The van der Waals surface area contributed by atoms with Crippen LogP contribution in [0.3, 0.4) is 0 Å². The molecule has 0 radical (unpaired) electrons. The molecule has 0 aliphatic carbocycles. The fraction of sp³-hybridized carbons (Fsp3) is 0.400. The Morgan fingerprint density at radius 3 is 2.59 bits per heavy atom. The summed E-state index contributed by atoms with van der Waals surface area (Å²) in [5.41, 5.74) is 0. The second-order valence-electron chi connectivity index (χ2n) is 3.31. The van der Waals surface area contributed by atoms with Crippen LogP contribution in [0.1, 0.15) is 6.42 Å². The zero-order valence-corrected chi connectivity index (χ0v) is 11.1. The number of hydrogen-bond acceptors (Lipinski definition) is 3. The van der Waals surface area contributed by atoms with Gasteiger partial charge >= 0.3 is 0 Å². The summed E-state index contributed by atoms with van der Waals surface area (Å²) < 4.78 is 38.5. The van der Waals surface area contributed by atoms with Crippen LogP contribution < -0.4 is 10.0 Å². The van der Waals surface area contributed by atoms with Crippen molar-refractivity contribution in [1.29, 1.82) is 0 Å². The van der Waals surface area contributed by atoms with Crippen LogP contribution in [0.2, 0.25) is 0 Å². The van der Waals surface area contributed by atoms with Gasteiger partial charge in [-0.3, -0.25) is 0 Å². The predicted molar refractivity (Wildman–Crippen MR) is 67.4 cm³/mol. The summed E-state index contributed by atoms with van der Waals surface area (Å²) in [5.74, 6) is -0.557. The maximum Gasteiger partial charge on any atom is 0.240 e. The van der Waals surface area contributed by atoms with E-state index in [1.165, 1.54) is 18.2 Å². The number of rotatable bonds is 6. The molecule has 7 heteroatoms. The number of sulfonamides is 1. The van der Waals surface area contributed by atoms with Gasteiger partial charge in [0.15, 0.2) is 0 Å². The normalized spacial score (nSPS) is 10.9. The highest BCUT2D eigenvalue weighted by molar-refractivity contribution is 7.89. The zero-order valence-electron chi connectivity index (χ0n) is 9.44. The summed E-state index contributed by atoms with van der Waals surface area (Å²) in [6.07, 6.45) is 0.686. The van der Waals surface area contributed by atoms with Crippen molar-refractivity contribution in [2.24, 2.45) is 0 Å². The number of nitrogens with one attached hydrogen (secondary N) is 2. The van der Waals surface area contributed by atoms with Gasteiger partial charge < -0.3 is 5.32 Å². The molecule has 0 spiro atoms. The third-order valence-electron chi connectivity index (χ3n) is 2.00. The summed E-state index contributed by atoms with van der Waals surface area (Å²) in [6, 6.07) is 4.95. The smallest absolute Gasteiger partial charge is 0.240 e. The maximum absolute atomic E-state index is 12.8. The maximum atomic E-state index is 12.8. The van der Waals surface area contributed by atoms with Crippen molar-refractivity contribution in [2.45, 2.75) is 11.3 Å². The Kier molecular flexibility index (Phi) is 7.29. The Morgan fingerprint density at radius 2 is 2.00 bits per heavy atom. The molecule has 4 nitrogen and oxygen atoms in total. The molecule has 0 saturated heterocycles. The van der Waals surface area contributed by atoms with Crippen LogP contribution in [0.15, 0.2) is 29.2 Å². The lowest BCUT2D eigenvalue weighted by Crippen LogP contribution is -2.26. The quantitative estimate of drug-likeness (QED) is 0.769. The lowest BCUT2D eigenvalue weighted by molar-refractivity contribution is 0.573. The predicted octanol–water partition coefficient (Wildman–Crippen LogP) is 1.14. The number of benzene rings is 1. The zero-order chi connectivity index (χ0) is 12.0.